The summed E-state index contributed by atoms with van der Waals surface area (Å²) in [5.74, 6) is -6.58. The van der Waals surface area contributed by atoms with Crippen LogP contribution in [0.15, 0.2) is 30.3 Å². The molecule has 0 saturated carbocycles. The number of carbonyl (C=O) groups is 2. The number of likely N-dealkylation sites (tertiary alicyclic amines) is 2. The molecule has 0 unspecified atom stereocenters. The second-order valence-electron chi connectivity index (χ2n) is 10.5. The molecule has 0 spiro atoms. The van der Waals surface area contributed by atoms with Gasteiger partial charge in [0.2, 0.25) is 0 Å². The molecule has 2 aromatic rings. The highest BCUT2D eigenvalue weighted by molar-refractivity contribution is 6.04. The number of hydrogen-bond donors (Lipinski definition) is 2. The van der Waals surface area contributed by atoms with Gasteiger partial charge in [0.25, 0.3) is 24.2 Å². The summed E-state index contributed by atoms with van der Waals surface area (Å²) in [6.07, 6.45) is -2.73. The molecule has 2 N–H and O–H groups in total. The third kappa shape index (κ3) is 6.71. The number of halogens is 6. The molecule has 12 heteroatoms. The van der Waals surface area contributed by atoms with Crippen molar-refractivity contribution >= 4 is 17.5 Å². The van der Waals surface area contributed by atoms with Crippen LogP contribution in [-0.2, 0) is 0 Å². The minimum absolute atomic E-state index is 0.0920. The Bertz CT molecular complexity index is 1240. The number of alkyl halides is 4. The van der Waals surface area contributed by atoms with Crippen LogP contribution in [0.25, 0.3) is 0 Å². The maximum absolute atomic E-state index is 15.3. The molecule has 2 saturated heterocycles. The molecule has 0 bridgehead atoms. The molecule has 1 atom stereocenters. The van der Waals surface area contributed by atoms with Gasteiger partial charge in [-0.1, -0.05) is 18.2 Å². The molecule has 4 rings (SSSR count). The van der Waals surface area contributed by atoms with Gasteiger partial charge in [0.1, 0.15) is 11.6 Å². The lowest BCUT2D eigenvalue weighted by atomic mass is 10.00. The number of benzene rings is 2. The molecule has 2 heterocycles. The van der Waals surface area contributed by atoms with Crippen molar-refractivity contribution in [2.75, 3.05) is 38.5 Å². The van der Waals surface area contributed by atoms with Crippen molar-refractivity contribution in [3.8, 4) is 0 Å². The quantitative estimate of drug-likeness (QED) is 0.415. The van der Waals surface area contributed by atoms with E-state index in [0.717, 1.165) is 36.2 Å². The average Bonchev–Trinajstić information content (AvgIpc) is 2.89. The fourth-order valence-electron chi connectivity index (χ4n) is 5.05. The fraction of sp³-hybridized carbons (Fsp3) is 0.500. The van der Waals surface area contributed by atoms with E-state index in [-0.39, 0.29) is 35.9 Å². The van der Waals surface area contributed by atoms with E-state index in [9.17, 15) is 31.5 Å². The van der Waals surface area contributed by atoms with E-state index in [2.05, 4.69) is 15.5 Å². The van der Waals surface area contributed by atoms with E-state index in [1.54, 1.807) is 0 Å². The molecular weight excluding hydrogens is 538 g/mol. The van der Waals surface area contributed by atoms with Crippen molar-refractivity contribution in [3.63, 3.8) is 0 Å². The van der Waals surface area contributed by atoms with Crippen LogP contribution in [0, 0.1) is 11.6 Å². The van der Waals surface area contributed by atoms with Crippen LogP contribution in [0.4, 0.5) is 32.0 Å². The van der Waals surface area contributed by atoms with Crippen molar-refractivity contribution in [1.82, 2.24) is 15.1 Å². The smallest absolute Gasteiger partial charge is 0.266 e. The highest BCUT2D eigenvalue weighted by Crippen LogP contribution is 2.31. The van der Waals surface area contributed by atoms with Gasteiger partial charge in [0.15, 0.2) is 0 Å². The second-order valence-corrected chi connectivity index (χ2v) is 10.5. The Morgan fingerprint density at radius 3 is 2.23 bits per heavy atom. The van der Waals surface area contributed by atoms with E-state index in [1.807, 2.05) is 7.05 Å². The van der Waals surface area contributed by atoms with Crippen LogP contribution >= 0.6 is 0 Å². The molecule has 40 heavy (non-hydrogen) atoms. The van der Waals surface area contributed by atoms with Gasteiger partial charge < -0.3 is 20.4 Å². The summed E-state index contributed by atoms with van der Waals surface area (Å²) in [5, 5.41) is 5.73. The van der Waals surface area contributed by atoms with Gasteiger partial charge in [0, 0.05) is 37.5 Å². The third-order valence-electron chi connectivity index (χ3n) is 7.55. The van der Waals surface area contributed by atoms with Gasteiger partial charge in [-0.2, -0.15) is 0 Å². The first-order chi connectivity index (χ1) is 18.9. The van der Waals surface area contributed by atoms with Crippen molar-refractivity contribution < 1.29 is 35.9 Å². The average molecular weight is 571 g/mol. The first kappa shape index (κ1) is 29.7. The number of nitrogens with zero attached hydrogens (tertiary/aromatic N) is 2. The molecule has 0 aromatic heterocycles. The van der Waals surface area contributed by atoms with E-state index in [1.165, 1.54) is 19.1 Å². The maximum Gasteiger partial charge on any atom is 0.266 e. The maximum atomic E-state index is 15.3. The number of rotatable bonds is 7. The summed E-state index contributed by atoms with van der Waals surface area (Å²) < 4.78 is 83.6. The number of hydrogen-bond acceptors (Lipinski definition) is 4. The van der Waals surface area contributed by atoms with Crippen LogP contribution in [0.2, 0.25) is 0 Å². The van der Waals surface area contributed by atoms with Crippen molar-refractivity contribution in [2.24, 2.45) is 0 Å². The Morgan fingerprint density at radius 1 is 0.975 bits per heavy atom. The predicted molar refractivity (Wildman–Crippen MR) is 138 cm³/mol. The summed E-state index contributed by atoms with van der Waals surface area (Å²) >= 11 is 0. The summed E-state index contributed by atoms with van der Waals surface area (Å²) in [6.45, 7) is 2.43. The van der Waals surface area contributed by atoms with Crippen molar-refractivity contribution in [1.29, 1.82) is 0 Å². The minimum atomic E-state index is -3.05. The zero-order valence-corrected chi connectivity index (χ0v) is 22.3. The van der Waals surface area contributed by atoms with Crippen molar-refractivity contribution in [2.45, 2.75) is 57.0 Å². The number of amides is 2. The lowest BCUT2D eigenvalue weighted by molar-refractivity contribution is -0.0494. The zero-order valence-electron chi connectivity index (χ0n) is 22.3. The first-order valence-corrected chi connectivity index (χ1v) is 13.2. The fourth-order valence-corrected chi connectivity index (χ4v) is 5.05. The number of anilines is 1. The molecule has 0 radical (unpaired) electrons. The van der Waals surface area contributed by atoms with Gasteiger partial charge >= 0.3 is 0 Å². The highest BCUT2D eigenvalue weighted by atomic mass is 19.3. The van der Waals surface area contributed by atoms with Crippen molar-refractivity contribution in [3.05, 3.63) is 64.2 Å². The van der Waals surface area contributed by atoms with Gasteiger partial charge in [-0.15, -0.1) is 0 Å². The van der Waals surface area contributed by atoms with Gasteiger partial charge in [-0.05, 0) is 52.0 Å². The largest absolute Gasteiger partial charge is 0.381 e. The summed E-state index contributed by atoms with van der Waals surface area (Å²) in [7, 11) is 1.97. The predicted octanol–water partition coefficient (Wildman–Crippen LogP) is 5.77. The van der Waals surface area contributed by atoms with E-state index in [4.69, 9.17) is 0 Å². The number of nitrogens with one attached hydrogen (secondary N) is 2. The Labute approximate surface area is 228 Å². The number of carbonyl (C=O) groups excluding carboxylic acids is 2. The van der Waals surface area contributed by atoms with E-state index < -0.39 is 65.8 Å². The standard InChI is InChI=1S/C28H32F6N4O2/c1-16(18-4-3-5-19(24(18)30)25(31)32)35-26(39)21-14-20(27(40)38-12-8-28(33,34)9-13-38)22(29)15-23(21)36-17-6-10-37(2)11-7-17/h3-5,14-17,25,36H,6-13H2,1-2H3,(H,35,39)/t16-/m1/s1. The molecular formula is C28H32F6N4O2. The molecule has 2 amide bonds. The first-order valence-electron chi connectivity index (χ1n) is 13.2. The van der Waals surface area contributed by atoms with E-state index >= 15 is 4.39 Å². The van der Waals surface area contributed by atoms with E-state index in [0.29, 0.717) is 12.8 Å². The van der Waals surface area contributed by atoms with Crippen LogP contribution in [0.1, 0.15) is 76.9 Å². The van der Waals surface area contributed by atoms with Crippen LogP contribution < -0.4 is 10.6 Å². The Hall–Kier alpha value is -3.28. The van der Waals surface area contributed by atoms with Gasteiger partial charge in [-0.25, -0.2) is 26.3 Å². The van der Waals surface area contributed by atoms with Crippen LogP contribution in [0.3, 0.4) is 0 Å². The summed E-state index contributed by atoms with van der Waals surface area (Å²) in [4.78, 5) is 29.8. The monoisotopic (exact) mass is 570 g/mol. The highest BCUT2D eigenvalue weighted by Gasteiger charge is 2.37. The minimum Gasteiger partial charge on any atom is -0.381 e. The molecule has 2 fully saturated rings. The lowest BCUT2D eigenvalue weighted by Crippen LogP contribution is -2.43. The molecule has 2 aliphatic rings. The molecule has 2 aromatic carbocycles. The van der Waals surface area contributed by atoms with Crippen LogP contribution in [0.5, 0.6) is 0 Å². The molecule has 2 aliphatic heterocycles. The molecule has 218 valence electrons. The summed E-state index contributed by atoms with van der Waals surface area (Å²) in [6, 6.07) is 4.44. The second kappa shape index (κ2) is 12.1. The SMILES string of the molecule is C[C@@H](NC(=O)c1cc(C(=O)N2CCC(F)(F)CC2)c(F)cc1NC1CCN(C)CC1)c1cccc(C(F)F)c1F. The Kier molecular flexibility index (Phi) is 8.96. The topological polar surface area (TPSA) is 64.7 Å². The zero-order chi connectivity index (χ0) is 29.2. The Morgan fingerprint density at radius 2 is 1.60 bits per heavy atom. The van der Waals surface area contributed by atoms with Crippen LogP contribution in [-0.4, -0.2) is 66.8 Å². The Balaban J connectivity index is 1.64. The van der Waals surface area contributed by atoms with Gasteiger partial charge in [-0.3, -0.25) is 9.59 Å². The summed E-state index contributed by atoms with van der Waals surface area (Å²) in [5.41, 5.74) is -1.42. The molecule has 0 aliphatic carbocycles. The lowest BCUT2D eigenvalue weighted by Gasteiger charge is -2.32. The number of piperidine rings is 2. The van der Waals surface area contributed by atoms with Gasteiger partial charge in [0.05, 0.1) is 28.4 Å². The third-order valence-corrected chi connectivity index (χ3v) is 7.55. The normalized spacial score (nSPS) is 19.0. The molecule has 6 nitrogen and oxygen atoms in total.